The highest BCUT2D eigenvalue weighted by Crippen LogP contribution is 1.99. The van der Waals surface area contributed by atoms with Crippen LogP contribution < -0.4 is 0 Å². The molecule has 0 aromatic carbocycles. The predicted molar refractivity (Wildman–Crippen MR) is 41.3 cm³/mol. The topological polar surface area (TPSA) is 29.5 Å². The van der Waals surface area contributed by atoms with Gasteiger partial charge in [0.2, 0.25) is 0 Å². The van der Waals surface area contributed by atoms with E-state index in [2.05, 4.69) is 19.6 Å². The Morgan fingerprint density at radius 3 is 2.22 bits per heavy atom. The molecule has 0 aliphatic carbocycles. The second-order valence-electron chi connectivity index (χ2n) is 3.34. The standard InChI is InChI=1S/C6H16O2Si/c1-9(2,3)6-8-5-4-7/h7H,4-6H2,1-3H3. The van der Waals surface area contributed by atoms with E-state index in [1.54, 1.807) is 0 Å². The Morgan fingerprint density at radius 1 is 1.33 bits per heavy atom. The maximum absolute atomic E-state index is 8.35. The van der Waals surface area contributed by atoms with Crippen molar-refractivity contribution in [2.75, 3.05) is 19.4 Å². The van der Waals surface area contributed by atoms with Crippen LogP contribution >= 0.6 is 0 Å². The monoisotopic (exact) mass is 148 g/mol. The fraction of sp³-hybridized carbons (Fsp3) is 1.00. The van der Waals surface area contributed by atoms with Crippen molar-refractivity contribution in [3.63, 3.8) is 0 Å². The molecule has 0 amide bonds. The van der Waals surface area contributed by atoms with E-state index < -0.39 is 8.07 Å². The van der Waals surface area contributed by atoms with Gasteiger partial charge in [-0.05, 0) is 0 Å². The van der Waals surface area contributed by atoms with E-state index in [-0.39, 0.29) is 6.61 Å². The van der Waals surface area contributed by atoms with E-state index in [4.69, 9.17) is 9.84 Å². The average molecular weight is 148 g/mol. The van der Waals surface area contributed by atoms with E-state index in [0.717, 1.165) is 6.23 Å². The summed E-state index contributed by atoms with van der Waals surface area (Å²) in [5, 5.41) is 8.35. The molecule has 0 aliphatic heterocycles. The summed E-state index contributed by atoms with van der Waals surface area (Å²) >= 11 is 0. The van der Waals surface area contributed by atoms with Gasteiger partial charge in [-0.1, -0.05) is 19.6 Å². The molecule has 2 nitrogen and oxygen atoms in total. The zero-order valence-corrected chi connectivity index (χ0v) is 7.48. The molecule has 0 rings (SSSR count). The summed E-state index contributed by atoms with van der Waals surface area (Å²) in [5.74, 6) is 0. The molecule has 0 heterocycles. The number of ether oxygens (including phenoxy) is 1. The van der Waals surface area contributed by atoms with Gasteiger partial charge in [0, 0.05) is 6.23 Å². The first-order chi connectivity index (χ1) is 4.06. The zero-order chi connectivity index (χ0) is 7.33. The van der Waals surface area contributed by atoms with Crippen LogP contribution in [0.5, 0.6) is 0 Å². The van der Waals surface area contributed by atoms with Gasteiger partial charge in [0.15, 0.2) is 0 Å². The Hall–Kier alpha value is 0.137. The largest absolute Gasteiger partial charge is 0.394 e. The Balaban J connectivity index is 3.07. The summed E-state index contributed by atoms with van der Waals surface area (Å²) < 4.78 is 5.16. The van der Waals surface area contributed by atoms with Crippen molar-refractivity contribution in [3.8, 4) is 0 Å². The number of aliphatic hydroxyl groups excluding tert-OH is 1. The molecule has 0 aliphatic rings. The van der Waals surface area contributed by atoms with Crippen LogP contribution in [0.25, 0.3) is 0 Å². The minimum absolute atomic E-state index is 0.143. The molecular weight excluding hydrogens is 132 g/mol. The lowest BCUT2D eigenvalue weighted by Crippen LogP contribution is -2.28. The lowest BCUT2D eigenvalue weighted by Gasteiger charge is -2.14. The minimum atomic E-state index is -1.03. The van der Waals surface area contributed by atoms with Crippen LogP contribution in [0.15, 0.2) is 0 Å². The maximum Gasteiger partial charge on any atom is 0.0746 e. The van der Waals surface area contributed by atoms with Gasteiger partial charge >= 0.3 is 0 Å². The van der Waals surface area contributed by atoms with Gasteiger partial charge in [0.25, 0.3) is 0 Å². The quantitative estimate of drug-likeness (QED) is 0.473. The Labute approximate surface area is 57.9 Å². The summed E-state index contributed by atoms with van der Waals surface area (Å²) in [4.78, 5) is 0. The predicted octanol–water partition coefficient (Wildman–Crippen LogP) is 0.873. The fourth-order valence-corrected chi connectivity index (χ4v) is 1.20. The van der Waals surface area contributed by atoms with E-state index in [1.807, 2.05) is 0 Å². The van der Waals surface area contributed by atoms with Crippen molar-refractivity contribution in [1.82, 2.24) is 0 Å². The molecule has 0 spiro atoms. The number of rotatable bonds is 4. The lowest BCUT2D eigenvalue weighted by molar-refractivity contribution is 0.119. The smallest absolute Gasteiger partial charge is 0.0746 e. The number of hydrogen-bond acceptors (Lipinski definition) is 2. The van der Waals surface area contributed by atoms with Gasteiger partial charge in [0.1, 0.15) is 0 Å². The summed E-state index contributed by atoms with van der Waals surface area (Å²) in [6, 6.07) is 0. The first-order valence-corrected chi connectivity index (χ1v) is 6.95. The normalized spacial score (nSPS) is 12.0. The van der Waals surface area contributed by atoms with Gasteiger partial charge in [-0.2, -0.15) is 0 Å². The van der Waals surface area contributed by atoms with Crippen molar-refractivity contribution >= 4 is 8.07 Å². The van der Waals surface area contributed by atoms with Crippen LogP contribution in [0.4, 0.5) is 0 Å². The molecule has 3 heteroatoms. The SMILES string of the molecule is C[Si](C)(C)COCCO. The van der Waals surface area contributed by atoms with E-state index in [9.17, 15) is 0 Å². The fourth-order valence-electron chi connectivity index (χ4n) is 0.443. The highest BCUT2D eigenvalue weighted by atomic mass is 28.3. The minimum Gasteiger partial charge on any atom is -0.394 e. The lowest BCUT2D eigenvalue weighted by atomic mass is 10.8. The Kier molecular flexibility index (Phi) is 4.09. The molecule has 0 unspecified atom stereocenters. The van der Waals surface area contributed by atoms with Crippen LogP contribution in [-0.4, -0.2) is 32.6 Å². The second-order valence-corrected chi connectivity index (χ2v) is 8.75. The molecule has 0 bridgehead atoms. The highest BCUT2D eigenvalue weighted by molar-refractivity contribution is 6.76. The molecule has 0 saturated carbocycles. The van der Waals surface area contributed by atoms with Gasteiger partial charge in [-0.25, -0.2) is 0 Å². The summed E-state index contributed by atoms with van der Waals surface area (Å²) in [6.45, 7) is 7.36. The van der Waals surface area contributed by atoms with Crippen molar-refractivity contribution in [1.29, 1.82) is 0 Å². The maximum atomic E-state index is 8.35. The van der Waals surface area contributed by atoms with E-state index in [1.165, 1.54) is 0 Å². The molecule has 0 aromatic heterocycles. The molecule has 0 aromatic rings. The van der Waals surface area contributed by atoms with Gasteiger partial charge < -0.3 is 9.84 Å². The van der Waals surface area contributed by atoms with Crippen LogP contribution in [0.3, 0.4) is 0 Å². The number of aliphatic hydroxyl groups is 1. The molecule has 0 radical (unpaired) electrons. The van der Waals surface area contributed by atoms with E-state index >= 15 is 0 Å². The summed E-state index contributed by atoms with van der Waals surface area (Å²) in [5.41, 5.74) is 0. The van der Waals surface area contributed by atoms with Crippen LogP contribution in [0.2, 0.25) is 19.6 Å². The second kappa shape index (κ2) is 4.03. The van der Waals surface area contributed by atoms with Crippen molar-refractivity contribution in [2.45, 2.75) is 19.6 Å². The first kappa shape index (κ1) is 9.14. The molecule has 0 fully saturated rings. The highest BCUT2D eigenvalue weighted by Gasteiger charge is 2.11. The van der Waals surface area contributed by atoms with Gasteiger partial charge in [-0.3, -0.25) is 0 Å². The van der Waals surface area contributed by atoms with Crippen molar-refractivity contribution < 1.29 is 9.84 Å². The third-order valence-electron chi connectivity index (χ3n) is 0.771. The summed E-state index contributed by atoms with van der Waals surface area (Å²) in [6.07, 6.45) is 0.855. The third-order valence-corrected chi connectivity index (χ3v) is 1.84. The van der Waals surface area contributed by atoms with Crippen molar-refractivity contribution in [3.05, 3.63) is 0 Å². The molecule has 9 heavy (non-hydrogen) atoms. The first-order valence-electron chi connectivity index (χ1n) is 3.25. The van der Waals surface area contributed by atoms with Crippen molar-refractivity contribution in [2.24, 2.45) is 0 Å². The van der Waals surface area contributed by atoms with E-state index in [0.29, 0.717) is 6.61 Å². The molecule has 0 atom stereocenters. The van der Waals surface area contributed by atoms with Crippen LogP contribution in [-0.2, 0) is 4.74 Å². The third kappa shape index (κ3) is 8.14. The van der Waals surface area contributed by atoms with Crippen LogP contribution in [0, 0.1) is 0 Å². The molecule has 1 N–H and O–H groups in total. The molecule has 56 valence electrons. The van der Waals surface area contributed by atoms with Gasteiger partial charge in [-0.15, -0.1) is 0 Å². The van der Waals surface area contributed by atoms with Gasteiger partial charge in [0.05, 0.1) is 21.3 Å². The summed E-state index contributed by atoms with van der Waals surface area (Å²) in [7, 11) is -1.03. The number of hydrogen-bond donors (Lipinski definition) is 1. The Morgan fingerprint density at radius 2 is 1.89 bits per heavy atom. The van der Waals surface area contributed by atoms with Crippen LogP contribution in [0.1, 0.15) is 0 Å². The average Bonchev–Trinajstić information content (AvgIpc) is 1.63. The molecule has 0 saturated heterocycles. The molecular formula is C6H16O2Si. The zero-order valence-electron chi connectivity index (χ0n) is 6.48. The Bertz CT molecular complexity index is 67.9.